The average molecular weight is 334 g/mol. The largest absolute Gasteiger partial charge is 0.207 e. The Labute approximate surface area is 135 Å². The Morgan fingerprint density at radius 2 is 1.36 bits per heavy atom. The van der Waals surface area contributed by atoms with E-state index in [0.717, 1.165) is 20.5 Å². The average Bonchev–Trinajstić information content (AvgIpc) is 2.92. The Morgan fingerprint density at radius 3 is 1.77 bits per heavy atom. The first-order valence-corrected chi connectivity index (χ1v) is 8.29. The fraction of sp³-hybridized carbons (Fsp3) is 0.125. The van der Waals surface area contributed by atoms with E-state index in [4.69, 9.17) is 0 Å². The standard InChI is InChI=1S/C16H12F2N2S2/c1-10-19-20-16(21-10)22-15(11-2-6-13(17)7-3-11)12-4-8-14(18)9-5-12/h2-9,15H,1H3. The van der Waals surface area contributed by atoms with Crippen LogP contribution in [-0.2, 0) is 0 Å². The zero-order chi connectivity index (χ0) is 15.5. The summed E-state index contributed by atoms with van der Waals surface area (Å²) in [5.41, 5.74) is 1.87. The van der Waals surface area contributed by atoms with Gasteiger partial charge in [-0.3, -0.25) is 0 Å². The van der Waals surface area contributed by atoms with Crippen molar-refractivity contribution >= 4 is 23.1 Å². The molecular formula is C16H12F2N2S2. The summed E-state index contributed by atoms with van der Waals surface area (Å²) < 4.78 is 27.1. The van der Waals surface area contributed by atoms with Crippen molar-refractivity contribution in [2.75, 3.05) is 0 Å². The molecule has 0 atom stereocenters. The van der Waals surface area contributed by atoms with Crippen LogP contribution in [0.2, 0.25) is 0 Å². The van der Waals surface area contributed by atoms with Gasteiger partial charge in [-0.1, -0.05) is 47.4 Å². The van der Waals surface area contributed by atoms with E-state index in [1.54, 1.807) is 24.3 Å². The highest BCUT2D eigenvalue weighted by Crippen LogP contribution is 2.41. The van der Waals surface area contributed by atoms with E-state index in [1.807, 2.05) is 6.92 Å². The Morgan fingerprint density at radius 1 is 0.864 bits per heavy atom. The number of benzene rings is 2. The molecule has 0 N–H and O–H groups in total. The van der Waals surface area contributed by atoms with Crippen LogP contribution in [0.4, 0.5) is 8.78 Å². The van der Waals surface area contributed by atoms with Crippen molar-refractivity contribution in [2.45, 2.75) is 16.5 Å². The van der Waals surface area contributed by atoms with Crippen molar-refractivity contribution in [3.8, 4) is 0 Å². The number of hydrogen-bond acceptors (Lipinski definition) is 4. The molecule has 0 fully saturated rings. The van der Waals surface area contributed by atoms with E-state index in [0.29, 0.717) is 0 Å². The van der Waals surface area contributed by atoms with Gasteiger partial charge in [-0.2, -0.15) is 0 Å². The van der Waals surface area contributed by atoms with Crippen molar-refractivity contribution in [3.63, 3.8) is 0 Å². The van der Waals surface area contributed by atoms with Crippen LogP contribution in [0.5, 0.6) is 0 Å². The molecule has 0 spiro atoms. The quantitative estimate of drug-likeness (QED) is 0.628. The van der Waals surface area contributed by atoms with Gasteiger partial charge in [-0.05, 0) is 42.3 Å². The normalized spacial score (nSPS) is 11.1. The molecule has 3 rings (SSSR count). The van der Waals surface area contributed by atoms with Crippen LogP contribution in [0.25, 0.3) is 0 Å². The van der Waals surface area contributed by atoms with Gasteiger partial charge in [-0.15, -0.1) is 10.2 Å². The molecule has 2 aromatic carbocycles. The van der Waals surface area contributed by atoms with Gasteiger partial charge in [0, 0.05) is 0 Å². The summed E-state index contributed by atoms with van der Waals surface area (Å²) >= 11 is 3.03. The number of aromatic nitrogens is 2. The summed E-state index contributed by atoms with van der Waals surface area (Å²) in [6, 6.07) is 12.7. The lowest BCUT2D eigenvalue weighted by Crippen LogP contribution is -1.97. The molecule has 0 aliphatic heterocycles. The Hall–Kier alpha value is -1.79. The lowest BCUT2D eigenvalue weighted by Gasteiger charge is -2.16. The molecule has 0 saturated heterocycles. The maximum atomic E-state index is 13.2. The van der Waals surface area contributed by atoms with Gasteiger partial charge in [-0.25, -0.2) is 8.78 Å². The van der Waals surface area contributed by atoms with Crippen LogP contribution < -0.4 is 0 Å². The fourth-order valence-corrected chi connectivity index (χ4v) is 4.17. The SMILES string of the molecule is Cc1nnc(SC(c2ccc(F)cc2)c2ccc(F)cc2)s1. The summed E-state index contributed by atoms with van der Waals surface area (Å²) in [4.78, 5) is 0. The highest BCUT2D eigenvalue weighted by atomic mass is 32.2. The second kappa shape index (κ2) is 6.54. The van der Waals surface area contributed by atoms with E-state index in [9.17, 15) is 8.78 Å². The van der Waals surface area contributed by atoms with Crippen LogP contribution in [0, 0.1) is 18.6 Å². The van der Waals surface area contributed by atoms with E-state index < -0.39 is 0 Å². The van der Waals surface area contributed by atoms with Gasteiger partial charge in [0.2, 0.25) is 0 Å². The molecule has 0 aliphatic rings. The minimum Gasteiger partial charge on any atom is -0.207 e. The zero-order valence-corrected chi connectivity index (χ0v) is 13.3. The van der Waals surface area contributed by atoms with E-state index in [2.05, 4.69) is 10.2 Å². The van der Waals surface area contributed by atoms with E-state index in [1.165, 1.54) is 47.4 Å². The Bertz CT molecular complexity index is 709. The molecule has 1 aromatic heterocycles. The van der Waals surface area contributed by atoms with Crippen LogP contribution in [0.15, 0.2) is 52.9 Å². The molecule has 1 heterocycles. The molecular weight excluding hydrogens is 322 g/mol. The summed E-state index contributed by atoms with van der Waals surface area (Å²) in [7, 11) is 0. The number of hydrogen-bond donors (Lipinski definition) is 0. The second-order valence-electron chi connectivity index (χ2n) is 4.69. The molecule has 0 aliphatic carbocycles. The second-order valence-corrected chi connectivity index (χ2v) is 7.22. The third kappa shape index (κ3) is 3.51. The number of halogens is 2. The van der Waals surface area contributed by atoms with Gasteiger partial charge in [0.05, 0.1) is 5.25 Å². The molecule has 2 nitrogen and oxygen atoms in total. The Balaban J connectivity index is 1.97. The molecule has 3 aromatic rings. The molecule has 0 bridgehead atoms. The molecule has 22 heavy (non-hydrogen) atoms. The highest BCUT2D eigenvalue weighted by Gasteiger charge is 2.18. The predicted octanol–water partition coefficient (Wildman–Crippen LogP) is 5.01. The summed E-state index contributed by atoms with van der Waals surface area (Å²) in [5.74, 6) is -0.559. The lowest BCUT2D eigenvalue weighted by molar-refractivity contribution is 0.626. The van der Waals surface area contributed by atoms with Gasteiger partial charge < -0.3 is 0 Å². The molecule has 0 radical (unpaired) electrons. The van der Waals surface area contributed by atoms with Crippen LogP contribution in [0.1, 0.15) is 21.4 Å². The van der Waals surface area contributed by atoms with Gasteiger partial charge >= 0.3 is 0 Å². The number of aryl methyl sites for hydroxylation is 1. The van der Waals surface area contributed by atoms with Gasteiger partial charge in [0.15, 0.2) is 4.34 Å². The third-order valence-electron chi connectivity index (χ3n) is 3.07. The van der Waals surface area contributed by atoms with Crippen molar-refractivity contribution in [1.29, 1.82) is 0 Å². The van der Waals surface area contributed by atoms with Crippen molar-refractivity contribution in [3.05, 3.63) is 76.3 Å². The number of rotatable bonds is 4. The van der Waals surface area contributed by atoms with Gasteiger partial charge in [0.25, 0.3) is 0 Å². The van der Waals surface area contributed by atoms with Crippen molar-refractivity contribution in [2.24, 2.45) is 0 Å². The van der Waals surface area contributed by atoms with Crippen molar-refractivity contribution in [1.82, 2.24) is 10.2 Å². The number of nitrogens with zero attached hydrogens (tertiary/aromatic N) is 2. The molecule has 0 unspecified atom stereocenters. The van der Waals surface area contributed by atoms with Gasteiger partial charge in [0.1, 0.15) is 16.6 Å². The fourth-order valence-electron chi connectivity index (χ4n) is 2.03. The third-order valence-corrected chi connectivity index (χ3v) is 5.31. The van der Waals surface area contributed by atoms with E-state index in [-0.39, 0.29) is 16.9 Å². The maximum absolute atomic E-state index is 13.2. The first kappa shape index (κ1) is 15.1. The summed E-state index contributed by atoms with van der Waals surface area (Å²) in [6.45, 7) is 1.90. The highest BCUT2D eigenvalue weighted by molar-refractivity contribution is 8.01. The first-order valence-electron chi connectivity index (χ1n) is 6.59. The van der Waals surface area contributed by atoms with Crippen LogP contribution in [0.3, 0.4) is 0 Å². The van der Waals surface area contributed by atoms with Crippen LogP contribution in [-0.4, -0.2) is 10.2 Å². The monoisotopic (exact) mass is 334 g/mol. The topological polar surface area (TPSA) is 25.8 Å². The first-order chi connectivity index (χ1) is 10.6. The van der Waals surface area contributed by atoms with Crippen LogP contribution >= 0.6 is 23.1 Å². The zero-order valence-electron chi connectivity index (χ0n) is 11.7. The minimum absolute atomic E-state index is 0.0893. The maximum Gasteiger partial charge on any atom is 0.175 e. The molecule has 6 heteroatoms. The van der Waals surface area contributed by atoms with Crippen molar-refractivity contribution < 1.29 is 8.78 Å². The smallest absolute Gasteiger partial charge is 0.175 e. The number of thioether (sulfide) groups is 1. The molecule has 0 saturated carbocycles. The Kier molecular flexibility index (Phi) is 4.49. The molecule has 112 valence electrons. The minimum atomic E-state index is -0.279. The van der Waals surface area contributed by atoms with E-state index >= 15 is 0 Å². The summed E-state index contributed by atoms with van der Waals surface area (Å²) in [6.07, 6.45) is 0. The summed E-state index contributed by atoms with van der Waals surface area (Å²) in [5, 5.41) is 8.94. The molecule has 0 amide bonds. The predicted molar refractivity (Wildman–Crippen MR) is 85.1 cm³/mol. The lowest BCUT2D eigenvalue weighted by atomic mass is 10.0.